The van der Waals surface area contributed by atoms with Crippen molar-refractivity contribution in [1.29, 1.82) is 0 Å². The lowest BCUT2D eigenvalue weighted by Crippen LogP contribution is -1.97. The SMILES string of the molecule is CSc1ccc2c(c1)Cc1cc(-c3ccccc3)cnc1CC2. The highest BCUT2D eigenvalue weighted by atomic mass is 32.2. The van der Waals surface area contributed by atoms with Crippen LogP contribution in [-0.4, -0.2) is 11.2 Å². The van der Waals surface area contributed by atoms with Gasteiger partial charge in [0.05, 0.1) is 0 Å². The summed E-state index contributed by atoms with van der Waals surface area (Å²) in [6.45, 7) is 0. The average Bonchev–Trinajstić information content (AvgIpc) is 2.80. The maximum Gasteiger partial charge on any atom is 0.0442 e. The van der Waals surface area contributed by atoms with Crippen molar-refractivity contribution in [2.24, 2.45) is 0 Å². The van der Waals surface area contributed by atoms with Gasteiger partial charge in [0, 0.05) is 22.3 Å². The first-order valence-corrected chi connectivity index (χ1v) is 9.25. The molecule has 0 amide bonds. The molecule has 114 valence electrons. The Morgan fingerprint density at radius 1 is 0.826 bits per heavy atom. The van der Waals surface area contributed by atoms with Crippen molar-refractivity contribution >= 4 is 11.8 Å². The van der Waals surface area contributed by atoms with Crippen LogP contribution in [0.25, 0.3) is 11.1 Å². The second-order valence-corrected chi connectivity index (χ2v) is 6.89. The second-order valence-electron chi connectivity index (χ2n) is 6.01. The van der Waals surface area contributed by atoms with Gasteiger partial charge in [0.25, 0.3) is 0 Å². The molecule has 0 atom stereocenters. The van der Waals surface area contributed by atoms with Crippen LogP contribution in [0.5, 0.6) is 0 Å². The molecule has 2 heteroatoms. The van der Waals surface area contributed by atoms with Gasteiger partial charge in [-0.3, -0.25) is 4.98 Å². The standard InChI is InChI=1S/C21H19NS/c1-23-20-9-7-16-8-10-21-18(11-17(16)13-20)12-19(14-22-21)15-5-3-2-4-6-15/h2-7,9,12-14H,8,10-11H2,1H3. The third-order valence-electron chi connectivity index (χ3n) is 4.59. The number of rotatable bonds is 2. The van der Waals surface area contributed by atoms with E-state index in [1.807, 2.05) is 18.0 Å². The van der Waals surface area contributed by atoms with Crippen molar-refractivity contribution in [2.75, 3.05) is 6.26 Å². The Morgan fingerprint density at radius 2 is 1.70 bits per heavy atom. The van der Waals surface area contributed by atoms with Gasteiger partial charge >= 0.3 is 0 Å². The molecule has 0 saturated carbocycles. The zero-order valence-electron chi connectivity index (χ0n) is 13.3. The summed E-state index contributed by atoms with van der Waals surface area (Å²) in [6.07, 6.45) is 7.29. The Morgan fingerprint density at radius 3 is 2.52 bits per heavy atom. The minimum absolute atomic E-state index is 0.993. The number of fused-ring (bicyclic) bond motifs is 2. The van der Waals surface area contributed by atoms with Crippen molar-refractivity contribution in [3.05, 3.63) is 83.2 Å². The molecule has 1 aliphatic carbocycles. The Bertz CT molecular complexity index is 840. The van der Waals surface area contributed by atoms with Gasteiger partial charge in [0.15, 0.2) is 0 Å². The van der Waals surface area contributed by atoms with E-state index in [9.17, 15) is 0 Å². The van der Waals surface area contributed by atoms with Crippen molar-refractivity contribution in [2.45, 2.75) is 24.2 Å². The van der Waals surface area contributed by atoms with E-state index in [2.05, 4.69) is 60.9 Å². The van der Waals surface area contributed by atoms with Crippen LogP contribution in [0.15, 0.2) is 65.7 Å². The minimum Gasteiger partial charge on any atom is -0.260 e. The van der Waals surface area contributed by atoms with E-state index < -0.39 is 0 Å². The molecule has 0 radical (unpaired) electrons. The van der Waals surface area contributed by atoms with Gasteiger partial charge in [-0.1, -0.05) is 36.4 Å². The zero-order valence-corrected chi connectivity index (χ0v) is 14.1. The van der Waals surface area contributed by atoms with Crippen LogP contribution in [0.2, 0.25) is 0 Å². The van der Waals surface area contributed by atoms with Crippen LogP contribution in [0, 0.1) is 0 Å². The molecule has 0 spiro atoms. The summed E-state index contributed by atoms with van der Waals surface area (Å²) < 4.78 is 0. The van der Waals surface area contributed by atoms with Crippen molar-refractivity contribution in [3.63, 3.8) is 0 Å². The van der Waals surface area contributed by atoms with E-state index >= 15 is 0 Å². The summed E-state index contributed by atoms with van der Waals surface area (Å²) in [5.74, 6) is 0. The zero-order chi connectivity index (χ0) is 15.6. The smallest absolute Gasteiger partial charge is 0.0442 e. The van der Waals surface area contributed by atoms with E-state index in [1.165, 1.54) is 38.4 Å². The van der Waals surface area contributed by atoms with Gasteiger partial charge in [-0.05, 0) is 66.0 Å². The van der Waals surface area contributed by atoms with Gasteiger partial charge in [0.2, 0.25) is 0 Å². The van der Waals surface area contributed by atoms with Gasteiger partial charge in [0.1, 0.15) is 0 Å². The molecule has 3 aromatic rings. The van der Waals surface area contributed by atoms with E-state index in [0.29, 0.717) is 0 Å². The normalized spacial score (nSPS) is 13.1. The highest BCUT2D eigenvalue weighted by Crippen LogP contribution is 2.29. The Hall–Kier alpha value is -2.06. The van der Waals surface area contributed by atoms with Crippen molar-refractivity contribution in [3.8, 4) is 11.1 Å². The number of pyridine rings is 1. The summed E-state index contributed by atoms with van der Waals surface area (Å²) in [4.78, 5) is 6.12. The average molecular weight is 317 g/mol. The first kappa shape index (κ1) is 14.5. The van der Waals surface area contributed by atoms with Crippen molar-refractivity contribution < 1.29 is 0 Å². The summed E-state index contributed by atoms with van der Waals surface area (Å²) in [6, 6.07) is 19.7. The number of benzene rings is 2. The molecule has 0 bridgehead atoms. The highest BCUT2D eigenvalue weighted by molar-refractivity contribution is 7.98. The molecule has 0 fully saturated rings. The van der Waals surface area contributed by atoms with Gasteiger partial charge in [-0.15, -0.1) is 11.8 Å². The third kappa shape index (κ3) is 2.91. The van der Waals surface area contributed by atoms with Gasteiger partial charge < -0.3 is 0 Å². The lowest BCUT2D eigenvalue weighted by molar-refractivity contribution is 0.916. The molecule has 0 N–H and O–H groups in total. The van der Waals surface area contributed by atoms with Crippen LogP contribution in [0.3, 0.4) is 0 Å². The molecule has 2 aromatic carbocycles. The summed E-state index contributed by atoms with van der Waals surface area (Å²) in [5.41, 5.74) is 8.03. The fourth-order valence-electron chi connectivity index (χ4n) is 3.30. The fraction of sp³-hybridized carbons (Fsp3) is 0.190. The number of aryl methyl sites for hydroxylation is 2. The summed E-state index contributed by atoms with van der Waals surface area (Å²) >= 11 is 1.81. The first-order valence-electron chi connectivity index (χ1n) is 8.02. The van der Waals surface area contributed by atoms with Crippen LogP contribution in [-0.2, 0) is 19.3 Å². The largest absolute Gasteiger partial charge is 0.260 e. The lowest BCUT2D eigenvalue weighted by Gasteiger charge is -2.09. The Balaban J connectivity index is 1.76. The molecule has 1 nitrogen and oxygen atoms in total. The quantitative estimate of drug-likeness (QED) is 0.606. The van der Waals surface area contributed by atoms with E-state index in [4.69, 9.17) is 4.98 Å². The van der Waals surface area contributed by atoms with E-state index in [-0.39, 0.29) is 0 Å². The molecule has 1 aromatic heterocycles. The first-order chi connectivity index (χ1) is 11.3. The van der Waals surface area contributed by atoms with Crippen LogP contribution < -0.4 is 0 Å². The Labute approximate surface area is 141 Å². The second kappa shape index (κ2) is 6.21. The molecule has 0 aliphatic heterocycles. The monoisotopic (exact) mass is 317 g/mol. The number of hydrogen-bond acceptors (Lipinski definition) is 2. The molecule has 1 aliphatic rings. The number of thioether (sulfide) groups is 1. The predicted octanol–water partition coefficient (Wildman–Crippen LogP) is 5.16. The predicted molar refractivity (Wildman–Crippen MR) is 98.1 cm³/mol. The summed E-state index contributed by atoms with van der Waals surface area (Å²) in [5, 5.41) is 0. The minimum atomic E-state index is 0.993. The number of nitrogens with zero attached hydrogens (tertiary/aromatic N) is 1. The lowest BCUT2D eigenvalue weighted by atomic mass is 9.99. The highest BCUT2D eigenvalue weighted by Gasteiger charge is 2.15. The molecular formula is C21H19NS. The molecule has 0 saturated heterocycles. The molecule has 1 heterocycles. The van der Waals surface area contributed by atoms with Crippen molar-refractivity contribution in [1.82, 2.24) is 4.98 Å². The van der Waals surface area contributed by atoms with Gasteiger partial charge in [-0.2, -0.15) is 0 Å². The fourth-order valence-corrected chi connectivity index (χ4v) is 3.77. The van der Waals surface area contributed by atoms with Crippen LogP contribution in [0.1, 0.15) is 22.4 Å². The van der Waals surface area contributed by atoms with E-state index in [1.54, 1.807) is 0 Å². The maximum atomic E-state index is 4.78. The molecule has 0 unspecified atom stereocenters. The van der Waals surface area contributed by atoms with Gasteiger partial charge in [-0.25, -0.2) is 0 Å². The Kier molecular flexibility index (Phi) is 3.92. The maximum absolute atomic E-state index is 4.78. The number of aromatic nitrogens is 1. The van der Waals surface area contributed by atoms with E-state index in [0.717, 1.165) is 19.3 Å². The number of hydrogen-bond donors (Lipinski definition) is 0. The molecular weight excluding hydrogens is 298 g/mol. The van der Waals surface area contributed by atoms with Crippen LogP contribution >= 0.6 is 11.8 Å². The molecule has 4 rings (SSSR count). The third-order valence-corrected chi connectivity index (χ3v) is 5.32. The topological polar surface area (TPSA) is 12.9 Å². The van der Waals surface area contributed by atoms with Crippen LogP contribution in [0.4, 0.5) is 0 Å². The molecule has 23 heavy (non-hydrogen) atoms. The summed E-state index contributed by atoms with van der Waals surface area (Å²) in [7, 11) is 0.